The number of fused-ring (bicyclic) bond motifs is 18. The minimum absolute atomic E-state index is 0.136. The van der Waals surface area contributed by atoms with Gasteiger partial charge in [-0.3, -0.25) is 14.6 Å². The number of benzene rings is 4. The summed E-state index contributed by atoms with van der Waals surface area (Å²) in [6, 6.07) is 42.3. The van der Waals surface area contributed by atoms with Crippen LogP contribution in [0.25, 0.3) is 122 Å². The lowest BCUT2D eigenvalue weighted by Gasteiger charge is -2.17. The number of nitrogens with zero attached hydrogens (tertiary/aromatic N) is 5. The van der Waals surface area contributed by atoms with Crippen molar-refractivity contribution in [2.45, 2.75) is 214 Å². The molecule has 558 valence electrons. The molecular weight excluding hydrogens is 1350 g/mol. The summed E-state index contributed by atoms with van der Waals surface area (Å²) in [5.74, 6) is -0.287. The van der Waals surface area contributed by atoms with E-state index in [0.29, 0.717) is 22.3 Å². The Morgan fingerprint density at radius 3 is 0.891 bits per heavy atom. The minimum atomic E-state index is -0.151. The van der Waals surface area contributed by atoms with Gasteiger partial charge < -0.3 is 19.9 Å². The number of hydrogen-bond acceptors (Lipinski definition) is 7. The van der Waals surface area contributed by atoms with E-state index in [0.717, 1.165) is 237 Å². The summed E-state index contributed by atoms with van der Waals surface area (Å²) >= 11 is 0. The molecule has 0 amide bonds. The van der Waals surface area contributed by atoms with Crippen LogP contribution < -0.4 is 0 Å². The molecule has 11 nitrogen and oxygen atoms in total. The van der Waals surface area contributed by atoms with Crippen molar-refractivity contribution in [3.63, 3.8) is 0 Å². The molecule has 0 fully saturated rings. The van der Waals surface area contributed by atoms with Crippen LogP contribution in [0.4, 0.5) is 5.69 Å². The van der Waals surface area contributed by atoms with Crippen LogP contribution in [0.2, 0.25) is 0 Å². The van der Waals surface area contributed by atoms with E-state index in [1.165, 1.54) is 89.1 Å². The fourth-order valence-corrected chi connectivity index (χ4v) is 19.2. The third-order valence-electron chi connectivity index (χ3n) is 24.3. The number of rotatable bonds is 21. The molecular formula is C99H105N9O2. The zero-order valence-corrected chi connectivity index (χ0v) is 67.5. The van der Waals surface area contributed by atoms with Gasteiger partial charge in [-0.25, -0.2) is 19.9 Å². The SMILES string of the molecule is CCC1=C(CC)c2cc3[nH]c(c(CC)c3CC)c(-c3ccc(-c4c5nc(cc6[nH]c(c(CC)c6CC)c(-c6ccc(N=Cc7ccc8c(c7)C(=O)c7ccccc7C8=O)cc6)c6nc(cc7[nH]c4c(CC)c7CC)C(CC)=C6CC)C(CC)=C5CC)cc3)c3nc(cc4[nH]c(cc1n2)c(CC)c4CC)C(CC)=C3CC. The second-order valence-corrected chi connectivity index (χ2v) is 29.7. The number of allylic oxidation sites excluding steroid dienone is 8. The van der Waals surface area contributed by atoms with Crippen LogP contribution in [0.5, 0.6) is 0 Å². The zero-order valence-electron chi connectivity index (χ0n) is 67.5. The molecule has 6 aromatic heterocycles. The van der Waals surface area contributed by atoms with Crippen molar-refractivity contribution < 1.29 is 9.59 Å². The third kappa shape index (κ3) is 12.3. The standard InChI is InChI=1S/C99H105N9O2/c1-17-59-61(19-3)81-49-83-63(21-5)69(27-11)92(103-83)89(93-70(28-12)64(22-6)84(104-93)50-82-62(20-4)60(18-2)80(102-82)48-79(59)101-81)55-38-40-56(41-39-55)90-94-71(29-13)65(23-7)85(105-94)51-87-67(25-9)73(31-15)96(107-87)91(97-74(32-16)68(26-10)88(108-97)52-86-66(24-8)72(30-14)95(90)106-86)57-42-44-58(45-43-57)100-53-54-37-46-77-78(47-54)99(110)76-36-34-33-35-75(76)98(77)109/h33-53,101,104-105,108H,17-32H2,1-16H3. The van der Waals surface area contributed by atoms with Crippen LogP contribution in [-0.4, -0.2) is 57.7 Å². The molecule has 4 aromatic carbocycles. The van der Waals surface area contributed by atoms with Gasteiger partial charge in [-0.15, -0.1) is 0 Å². The number of aliphatic imine (C=N–C) groups is 1. The molecule has 0 radical (unpaired) electrons. The number of ketones is 2. The Labute approximate surface area is 648 Å². The van der Waals surface area contributed by atoms with E-state index in [1.54, 1.807) is 42.6 Å². The second kappa shape index (κ2) is 30.9. The highest BCUT2D eigenvalue weighted by Gasteiger charge is 2.33. The monoisotopic (exact) mass is 1450 g/mol. The molecule has 4 aliphatic heterocycles. The lowest BCUT2D eigenvalue weighted by atomic mass is 9.83. The number of hydrogen-bond donors (Lipinski definition) is 4. The molecule has 0 spiro atoms. The van der Waals surface area contributed by atoms with E-state index >= 15 is 0 Å². The molecule has 0 unspecified atom stereocenters. The number of carbonyl (C=O) groups excluding carboxylic acids is 2. The molecule has 4 N–H and O–H groups in total. The van der Waals surface area contributed by atoms with Gasteiger partial charge in [-0.05, 0) is 269 Å². The summed E-state index contributed by atoms with van der Waals surface area (Å²) in [5.41, 5.74) is 47.4. The number of nitrogens with one attached hydrogen (secondary N) is 4. The van der Waals surface area contributed by atoms with Crippen LogP contribution in [0.15, 0.2) is 126 Å². The maximum absolute atomic E-state index is 13.8. The largest absolute Gasteiger partial charge is 0.355 e. The summed E-state index contributed by atoms with van der Waals surface area (Å²) in [7, 11) is 0. The van der Waals surface area contributed by atoms with E-state index in [1.807, 2.05) is 6.07 Å². The molecule has 10 heterocycles. The number of carbonyl (C=O) groups is 2. The average molecular weight is 1450 g/mol. The van der Waals surface area contributed by atoms with E-state index in [9.17, 15) is 9.59 Å². The third-order valence-corrected chi connectivity index (χ3v) is 24.3. The fourth-order valence-electron chi connectivity index (χ4n) is 19.2. The topological polar surface area (TPSA) is 161 Å². The average Bonchev–Trinajstić information content (AvgIpc) is 1.55. The molecule has 5 aliphatic rings. The Bertz CT molecular complexity index is 6000. The van der Waals surface area contributed by atoms with Gasteiger partial charge in [0.1, 0.15) is 0 Å². The Balaban J connectivity index is 0.972. The Hall–Kier alpha value is -10.9. The summed E-state index contributed by atoms with van der Waals surface area (Å²) in [6.45, 7) is 36.7. The highest BCUT2D eigenvalue weighted by molar-refractivity contribution is 6.28. The normalized spacial score (nSPS) is 13.7. The molecule has 0 saturated heterocycles. The van der Waals surface area contributed by atoms with E-state index < -0.39 is 0 Å². The fraction of sp³-hybridized carbons (Fsp3) is 0.323. The van der Waals surface area contributed by atoms with Crippen molar-refractivity contribution in [3.8, 4) is 33.4 Å². The molecule has 110 heavy (non-hydrogen) atoms. The van der Waals surface area contributed by atoms with Crippen molar-refractivity contribution in [2.75, 3.05) is 0 Å². The Morgan fingerprint density at radius 1 is 0.282 bits per heavy atom. The predicted octanol–water partition coefficient (Wildman–Crippen LogP) is 25.9. The van der Waals surface area contributed by atoms with E-state index in [2.05, 4.69) is 210 Å². The van der Waals surface area contributed by atoms with Crippen LogP contribution >= 0.6 is 0 Å². The summed E-state index contributed by atoms with van der Waals surface area (Å²) in [4.78, 5) is 72.3. The van der Waals surface area contributed by atoms with Gasteiger partial charge >= 0.3 is 0 Å². The van der Waals surface area contributed by atoms with Crippen molar-refractivity contribution in [1.29, 1.82) is 0 Å². The molecule has 16 bridgehead atoms. The minimum Gasteiger partial charge on any atom is -0.355 e. The predicted molar refractivity (Wildman–Crippen MR) is 463 cm³/mol. The first kappa shape index (κ1) is 74.5. The summed E-state index contributed by atoms with van der Waals surface area (Å²) < 4.78 is 0. The molecule has 0 saturated carbocycles. The van der Waals surface area contributed by atoms with Gasteiger partial charge in [-0.1, -0.05) is 178 Å². The first-order valence-corrected chi connectivity index (χ1v) is 41.3. The number of aromatic amines is 4. The van der Waals surface area contributed by atoms with Crippen molar-refractivity contribution in [3.05, 3.63) is 239 Å². The van der Waals surface area contributed by atoms with Gasteiger partial charge in [0.2, 0.25) is 0 Å². The van der Waals surface area contributed by atoms with E-state index in [-0.39, 0.29) is 11.6 Å². The lowest BCUT2D eigenvalue weighted by molar-refractivity contribution is 0.0979. The van der Waals surface area contributed by atoms with Crippen LogP contribution in [0.3, 0.4) is 0 Å². The number of H-pyrrole nitrogens is 4. The highest BCUT2D eigenvalue weighted by Crippen LogP contribution is 2.49. The Kier molecular flexibility index (Phi) is 20.9. The molecule has 0 atom stereocenters. The quantitative estimate of drug-likeness (QED) is 0.0524. The summed E-state index contributed by atoms with van der Waals surface area (Å²) in [6.07, 6.45) is 15.2. The van der Waals surface area contributed by atoms with Crippen LogP contribution in [-0.2, 0) is 51.4 Å². The first-order valence-electron chi connectivity index (χ1n) is 41.3. The second-order valence-electron chi connectivity index (χ2n) is 29.7. The van der Waals surface area contributed by atoms with Gasteiger partial charge in [0.05, 0.1) is 67.8 Å². The molecule has 10 aromatic rings. The van der Waals surface area contributed by atoms with Gasteiger partial charge in [0.15, 0.2) is 11.6 Å². The Morgan fingerprint density at radius 2 is 0.564 bits per heavy atom. The zero-order chi connectivity index (χ0) is 77.1. The van der Waals surface area contributed by atoms with Crippen molar-refractivity contribution >= 4 is 112 Å². The molecule has 15 rings (SSSR count). The van der Waals surface area contributed by atoms with Gasteiger partial charge in [0.25, 0.3) is 0 Å². The molecule has 11 heteroatoms. The van der Waals surface area contributed by atoms with Crippen molar-refractivity contribution in [2.24, 2.45) is 4.99 Å². The molecule has 1 aliphatic carbocycles. The smallest absolute Gasteiger partial charge is 0.194 e. The van der Waals surface area contributed by atoms with Crippen LogP contribution in [0.1, 0.15) is 290 Å². The van der Waals surface area contributed by atoms with Crippen molar-refractivity contribution in [1.82, 2.24) is 39.9 Å². The highest BCUT2D eigenvalue weighted by atomic mass is 16.1. The van der Waals surface area contributed by atoms with Crippen LogP contribution in [0, 0.1) is 0 Å². The maximum atomic E-state index is 13.8. The number of aromatic nitrogens is 8. The number of aryl methyl sites for hydroxylation is 8. The van der Waals surface area contributed by atoms with E-state index in [4.69, 9.17) is 24.9 Å². The summed E-state index contributed by atoms with van der Waals surface area (Å²) in [5, 5.41) is 0. The van der Waals surface area contributed by atoms with Gasteiger partial charge in [0, 0.05) is 72.7 Å². The van der Waals surface area contributed by atoms with Gasteiger partial charge in [-0.2, -0.15) is 0 Å². The lowest BCUT2D eigenvalue weighted by Crippen LogP contribution is -2.20. The maximum Gasteiger partial charge on any atom is 0.194 e. The first-order chi connectivity index (χ1) is 53.6.